The molecule has 3 nitrogen and oxygen atoms in total. The van der Waals surface area contributed by atoms with E-state index in [0.29, 0.717) is 13.4 Å². The van der Waals surface area contributed by atoms with Crippen molar-refractivity contribution in [1.29, 1.82) is 0 Å². The molecule has 1 aliphatic heterocycles. The third kappa shape index (κ3) is 2.69. The molecule has 0 atom stereocenters. The fraction of sp³-hybridized carbons (Fsp3) is 0.385. The zero-order valence-electron chi connectivity index (χ0n) is 9.49. The summed E-state index contributed by atoms with van der Waals surface area (Å²) < 4.78 is 16.1. The van der Waals surface area contributed by atoms with Crippen LogP contribution in [-0.4, -0.2) is 13.4 Å². The summed E-state index contributed by atoms with van der Waals surface area (Å²) in [6.45, 7) is 6.88. The Hall–Kier alpha value is -1.64. The van der Waals surface area contributed by atoms with Gasteiger partial charge in [-0.05, 0) is 31.9 Å². The van der Waals surface area contributed by atoms with Crippen LogP contribution in [-0.2, 0) is 0 Å². The number of hydrogen-bond acceptors (Lipinski definition) is 3. The van der Waals surface area contributed by atoms with E-state index >= 15 is 0 Å². The van der Waals surface area contributed by atoms with Gasteiger partial charge in [-0.2, -0.15) is 0 Å². The van der Waals surface area contributed by atoms with Crippen molar-refractivity contribution in [1.82, 2.24) is 0 Å². The van der Waals surface area contributed by atoms with Crippen molar-refractivity contribution < 1.29 is 14.2 Å². The van der Waals surface area contributed by atoms with Crippen LogP contribution in [0.4, 0.5) is 0 Å². The van der Waals surface area contributed by atoms with Crippen LogP contribution in [0.1, 0.15) is 19.8 Å². The predicted octanol–water partition coefficient (Wildman–Crippen LogP) is 3.15. The summed E-state index contributed by atoms with van der Waals surface area (Å²) in [4.78, 5) is 0. The highest BCUT2D eigenvalue weighted by atomic mass is 16.7. The summed E-state index contributed by atoms with van der Waals surface area (Å²) in [5, 5.41) is 0. The fourth-order valence-corrected chi connectivity index (χ4v) is 1.53. The van der Waals surface area contributed by atoms with Crippen LogP contribution in [0.25, 0.3) is 0 Å². The minimum Gasteiger partial charge on any atom is -0.493 e. The summed E-state index contributed by atoms with van der Waals surface area (Å²) >= 11 is 0. The lowest BCUT2D eigenvalue weighted by Crippen LogP contribution is -1.97. The number of hydrogen-bond donors (Lipinski definition) is 0. The van der Waals surface area contributed by atoms with Gasteiger partial charge in [0.05, 0.1) is 6.61 Å². The maximum atomic E-state index is 5.60. The molecule has 3 heteroatoms. The molecule has 0 aromatic heterocycles. The van der Waals surface area contributed by atoms with Crippen LogP contribution in [0.15, 0.2) is 30.4 Å². The van der Waals surface area contributed by atoms with Crippen molar-refractivity contribution in [2.45, 2.75) is 19.8 Å². The molecule has 0 saturated carbocycles. The SMILES string of the molecule is C=C(C)CCCOc1ccc2c(c1)OCO2. The van der Waals surface area contributed by atoms with Gasteiger partial charge in [0.25, 0.3) is 0 Å². The molecule has 0 unspecified atom stereocenters. The molecule has 1 aliphatic rings. The van der Waals surface area contributed by atoms with Crippen molar-refractivity contribution in [2.75, 3.05) is 13.4 Å². The van der Waals surface area contributed by atoms with Crippen LogP contribution in [0, 0.1) is 0 Å². The molecular weight excluding hydrogens is 204 g/mol. The minimum atomic E-state index is 0.300. The standard InChI is InChI=1S/C13H16O3/c1-10(2)4-3-7-14-11-5-6-12-13(8-11)16-9-15-12/h5-6,8H,1,3-4,7,9H2,2H3. The Morgan fingerprint density at radius 2 is 2.19 bits per heavy atom. The summed E-state index contributed by atoms with van der Waals surface area (Å²) in [7, 11) is 0. The second kappa shape index (κ2) is 4.92. The Morgan fingerprint density at radius 1 is 1.38 bits per heavy atom. The zero-order valence-corrected chi connectivity index (χ0v) is 9.49. The van der Waals surface area contributed by atoms with Gasteiger partial charge >= 0.3 is 0 Å². The lowest BCUT2D eigenvalue weighted by atomic mass is 10.2. The highest BCUT2D eigenvalue weighted by Crippen LogP contribution is 2.35. The molecule has 0 amide bonds. The molecule has 1 aromatic rings. The van der Waals surface area contributed by atoms with Gasteiger partial charge in [0, 0.05) is 6.07 Å². The highest BCUT2D eigenvalue weighted by molar-refractivity contribution is 5.46. The smallest absolute Gasteiger partial charge is 0.231 e. The molecule has 86 valence electrons. The molecular formula is C13H16O3. The van der Waals surface area contributed by atoms with Crippen LogP contribution in [0.5, 0.6) is 17.2 Å². The second-order valence-electron chi connectivity index (χ2n) is 3.92. The van der Waals surface area contributed by atoms with E-state index < -0.39 is 0 Å². The van der Waals surface area contributed by atoms with Crippen LogP contribution in [0.3, 0.4) is 0 Å². The number of fused-ring (bicyclic) bond motifs is 1. The average Bonchev–Trinajstić information content (AvgIpc) is 2.71. The molecule has 16 heavy (non-hydrogen) atoms. The Kier molecular flexibility index (Phi) is 3.34. The van der Waals surface area contributed by atoms with Crippen molar-refractivity contribution >= 4 is 0 Å². The van der Waals surface area contributed by atoms with E-state index in [4.69, 9.17) is 14.2 Å². The first kappa shape index (κ1) is 10.9. The Balaban J connectivity index is 1.83. The predicted molar refractivity (Wildman–Crippen MR) is 62.1 cm³/mol. The van der Waals surface area contributed by atoms with E-state index in [9.17, 15) is 0 Å². The summed E-state index contributed by atoms with van der Waals surface area (Å²) in [5.74, 6) is 2.37. The van der Waals surface area contributed by atoms with Crippen molar-refractivity contribution in [2.24, 2.45) is 0 Å². The summed E-state index contributed by atoms with van der Waals surface area (Å²) in [6.07, 6.45) is 1.99. The van der Waals surface area contributed by atoms with Gasteiger partial charge in [0.1, 0.15) is 5.75 Å². The molecule has 0 aliphatic carbocycles. The maximum Gasteiger partial charge on any atom is 0.231 e. The lowest BCUT2D eigenvalue weighted by Gasteiger charge is -2.06. The molecule has 1 heterocycles. The molecule has 0 spiro atoms. The second-order valence-corrected chi connectivity index (χ2v) is 3.92. The maximum absolute atomic E-state index is 5.60. The van der Waals surface area contributed by atoms with Crippen molar-refractivity contribution in [3.8, 4) is 17.2 Å². The van der Waals surface area contributed by atoms with Gasteiger partial charge < -0.3 is 14.2 Å². The Morgan fingerprint density at radius 3 is 3.00 bits per heavy atom. The van der Waals surface area contributed by atoms with Gasteiger partial charge in [0.2, 0.25) is 6.79 Å². The van der Waals surface area contributed by atoms with E-state index in [2.05, 4.69) is 6.58 Å². The molecule has 0 radical (unpaired) electrons. The molecule has 0 N–H and O–H groups in total. The lowest BCUT2D eigenvalue weighted by molar-refractivity contribution is 0.173. The van der Waals surface area contributed by atoms with Gasteiger partial charge in [-0.1, -0.05) is 5.57 Å². The normalized spacial score (nSPS) is 12.6. The summed E-state index contributed by atoms with van der Waals surface area (Å²) in [5.41, 5.74) is 1.19. The van der Waals surface area contributed by atoms with Gasteiger partial charge in [-0.25, -0.2) is 0 Å². The fourth-order valence-electron chi connectivity index (χ4n) is 1.53. The highest BCUT2D eigenvalue weighted by Gasteiger charge is 2.13. The van der Waals surface area contributed by atoms with E-state index in [1.54, 1.807) is 0 Å². The van der Waals surface area contributed by atoms with E-state index in [0.717, 1.165) is 30.1 Å². The monoisotopic (exact) mass is 220 g/mol. The third-order valence-electron chi connectivity index (χ3n) is 2.36. The first-order chi connectivity index (χ1) is 7.75. The third-order valence-corrected chi connectivity index (χ3v) is 2.36. The van der Waals surface area contributed by atoms with Gasteiger partial charge in [-0.15, -0.1) is 6.58 Å². The number of benzene rings is 1. The molecule has 0 bridgehead atoms. The van der Waals surface area contributed by atoms with E-state index in [1.165, 1.54) is 5.57 Å². The molecule has 0 saturated heterocycles. The minimum absolute atomic E-state index is 0.300. The number of rotatable bonds is 5. The van der Waals surface area contributed by atoms with Crippen molar-refractivity contribution in [3.05, 3.63) is 30.4 Å². The van der Waals surface area contributed by atoms with Gasteiger partial charge in [0.15, 0.2) is 11.5 Å². The Bertz CT molecular complexity index is 385. The van der Waals surface area contributed by atoms with Gasteiger partial charge in [-0.3, -0.25) is 0 Å². The van der Waals surface area contributed by atoms with E-state index in [1.807, 2.05) is 25.1 Å². The van der Waals surface area contributed by atoms with Crippen LogP contribution < -0.4 is 14.2 Å². The number of ether oxygens (including phenoxy) is 3. The van der Waals surface area contributed by atoms with E-state index in [-0.39, 0.29) is 0 Å². The van der Waals surface area contributed by atoms with Crippen molar-refractivity contribution in [3.63, 3.8) is 0 Å². The quantitative estimate of drug-likeness (QED) is 0.563. The molecule has 0 fully saturated rings. The topological polar surface area (TPSA) is 27.7 Å². The zero-order chi connectivity index (χ0) is 11.4. The number of allylic oxidation sites excluding steroid dienone is 1. The largest absolute Gasteiger partial charge is 0.493 e. The first-order valence-electron chi connectivity index (χ1n) is 5.42. The molecule has 1 aromatic carbocycles. The first-order valence-corrected chi connectivity index (χ1v) is 5.42. The van der Waals surface area contributed by atoms with Crippen LogP contribution >= 0.6 is 0 Å². The molecule has 2 rings (SSSR count). The van der Waals surface area contributed by atoms with Crippen LogP contribution in [0.2, 0.25) is 0 Å². The summed E-state index contributed by atoms with van der Waals surface area (Å²) in [6, 6.07) is 5.63. The Labute approximate surface area is 95.6 Å². The average molecular weight is 220 g/mol.